The summed E-state index contributed by atoms with van der Waals surface area (Å²) in [5.74, 6) is -1.55. The molecule has 2 rings (SSSR count). The first-order valence-corrected chi connectivity index (χ1v) is 7.78. The van der Waals surface area contributed by atoms with E-state index in [0.717, 1.165) is 19.3 Å². The minimum absolute atomic E-state index is 0.0144. The number of likely N-dealkylation sites (tertiary alicyclic amines) is 1. The lowest BCUT2D eigenvalue weighted by atomic mass is 9.96. The SMILES string of the molecule is Cc1cccc(C(=O)N2CCCCC2CCCC(=O)O)c1F. The standard InChI is InChI=1S/C17H22FNO3/c1-12-6-4-9-14(16(12)18)17(22)19-11-3-2-7-13(19)8-5-10-15(20)21/h4,6,9,13H,2-3,5,7-8,10-11H2,1H3,(H,20,21). The largest absolute Gasteiger partial charge is 0.481 e. The second-order valence-electron chi connectivity index (χ2n) is 5.87. The van der Waals surface area contributed by atoms with E-state index in [2.05, 4.69) is 0 Å². The van der Waals surface area contributed by atoms with Crippen LogP contribution in [0.3, 0.4) is 0 Å². The van der Waals surface area contributed by atoms with Crippen molar-refractivity contribution in [2.75, 3.05) is 6.54 Å². The van der Waals surface area contributed by atoms with Crippen LogP contribution >= 0.6 is 0 Å². The first kappa shape index (κ1) is 16.5. The predicted octanol–water partition coefficient (Wildman–Crippen LogP) is 3.38. The average molecular weight is 307 g/mol. The highest BCUT2D eigenvalue weighted by molar-refractivity contribution is 5.95. The van der Waals surface area contributed by atoms with Crippen LogP contribution in [-0.2, 0) is 4.79 Å². The smallest absolute Gasteiger partial charge is 0.303 e. The van der Waals surface area contributed by atoms with E-state index in [1.807, 2.05) is 0 Å². The third-order valence-corrected chi connectivity index (χ3v) is 4.24. The Morgan fingerprint density at radius 3 is 2.86 bits per heavy atom. The number of aryl methyl sites for hydroxylation is 1. The van der Waals surface area contributed by atoms with Crippen molar-refractivity contribution in [3.05, 3.63) is 35.1 Å². The van der Waals surface area contributed by atoms with Crippen LogP contribution in [0.25, 0.3) is 0 Å². The van der Waals surface area contributed by atoms with Crippen molar-refractivity contribution in [2.45, 2.75) is 51.5 Å². The molecule has 1 saturated heterocycles. The van der Waals surface area contributed by atoms with Gasteiger partial charge in [0.2, 0.25) is 0 Å². The van der Waals surface area contributed by atoms with Crippen molar-refractivity contribution in [2.24, 2.45) is 0 Å². The van der Waals surface area contributed by atoms with Gasteiger partial charge in [0.15, 0.2) is 0 Å². The summed E-state index contributed by atoms with van der Waals surface area (Å²) in [5, 5.41) is 8.73. The molecule has 22 heavy (non-hydrogen) atoms. The molecule has 1 aliphatic heterocycles. The summed E-state index contributed by atoms with van der Waals surface area (Å²) in [6.45, 7) is 2.26. The highest BCUT2D eigenvalue weighted by Crippen LogP contribution is 2.25. The molecule has 0 aliphatic carbocycles. The first-order chi connectivity index (χ1) is 10.5. The minimum atomic E-state index is -0.821. The quantitative estimate of drug-likeness (QED) is 0.907. The number of benzene rings is 1. The second-order valence-corrected chi connectivity index (χ2v) is 5.87. The van der Waals surface area contributed by atoms with E-state index in [0.29, 0.717) is 24.9 Å². The molecule has 120 valence electrons. The Hall–Kier alpha value is -1.91. The highest BCUT2D eigenvalue weighted by atomic mass is 19.1. The zero-order valence-electron chi connectivity index (χ0n) is 12.8. The zero-order chi connectivity index (χ0) is 16.1. The minimum Gasteiger partial charge on any atom is -0.481 e. The van der Waals surface area contributed by atoms with E-state index < -0.39 is 11.8 Å². The van der Waals surface area contributed by atoms with Gasteiger partial charge in [0.1, 0.15) is 5.82 Å². The molecule has 0 bridgehead atoms. The second kappa shape index (κ2) is 7.38. The van der Waals surface area contributed by atoms with Gasteiger partial charge < -0.3 is 10.0 Å². The molecule has 1 N–H and O–H groups in total. The number of halogens is 1. The number of aliphatic carboxylic acids is 1. The average Bonchev–Trinajstić information content (AvgIpc) is 2.49. The number of carboxylic acids is 1. The van der Waals surface area contributed by atoms with Crippen LogP contribution in [0, 0.1) is 12.7 Å². The van der Waals surface area contributed by atoms with Crippen LogP contribution in [0.2, 0.25) is 0 Å². The molecule has 1 fully saturated rings. The zero-order valence-corrected chi connectivity index (χ0v) is 12.8. The van der Waals surface area contributed by atoms with E-state index in [-0.39, 0.29) is 23.9 Å². The summed E-state index contributed by atoms with van der Waals surface area (Å²) < 4.78 is 14.2. The number of rotatable bonds is 5. The molecule has 0 aromatic heterocycles. The van der Waals surface area contributed by atoms with E-state index in [1.165, 1.54) is 6.07 Å². The van der Waals surface area contributed by atoms with Gasteiger partial charge in [-0.2, -0.15) is 0 Å². The summed E-state index contributed by atoms with van der Waals surface area (Å²) in [4.78, 5) is 25.0. The van der Waals surface area contributed by atoms with E-state index in [4.69, 9.17) is 5.11 Å². The van der Waals surface area contributed by atoms with Crippen LogP contribution in [-0.4, -0.2) is 34.5 Å². The van der Waals surface area contributed by atoms with Gasteiger partial charge in [-0.3, -0.25) is 9.59 Å². The number of hydrogen-bond acceptors (Lipinski definition) is 2. The van der Waals surface area contributed by atoms with E-state index in [1.54, 1.807) is 24.0 Å². The molecule has 0 radical (unpaired) electrons. The number of carbonyl (C=O) groups is 2. The molecule has 1 aliphatic rings. The van der Waals surface area contributed by atoms with Crippen LogP contribution in [0.4, 0.5) is 4.39 Å². The van der Waals surface area contributed by atoms with Gasteiger partial charge in [0.25, 0.3) is 5.91 Å². The molecule has 5 heteroatoms. The molecule has 4 nitrogen and oxygen atoms in total. The van der Waals surface area contributed by atoms with Gasteiger partial charge in [0.05, 0.1) is 5.56 Å². The normalized spacial score (nSPS) is 18.3. The van der Waals surface area contributed by atoms with Gasteiger partial charge in [-0.25, -0.2) is 4.39 Å². The Bertz CT molecular complexity index is 559. The van der Waals surface area contributed by atoms with Gasteiger partial charge >= 0.3 is 5.97 Å². The Morgan fingerprint density at radius 1 is 1.36 bits per heavy atom. The van der Waals surface area contributed by atoms with Gasteiger partial charge in [-0.05, 0) is 50.7 Å². The fourth-order valence-corrected chi connectivity index (χ4v) is 3.02. The van der Waals surface area contributed by atoms with Gasteiger partial charge in [0, 0.05) is 19.0 Å². The number of carbonyl (C=O) groups excluding carboxylic acids is 1. The van der Waals surface area contributed by atoms with Crippen molar-refractivity contribution in [3.8, 4) is 0 Å². The van der Waals surface area contributed by atoms with Gasteiger partial charge in [-0.15, -0.1) is 0 Å². The number of amides is 1. The van der Waals surface area contributed by atoms with Crippen LogP contribution < -0.4 is 0 Å². The fraction of sp³-hybridized carbons (Fsp3) is 0.529. The summed E-state index contributed by atoms with van der Waals surface area (Å²) in [6, 6.07) is 4.87. The fourth-order valence-electron chi connectivity index (χ4n) is 3.02. The topological polar surface area (TPSA) is 57.6 Å². The molecule has 0 saturated carbocycles. The predicted molar refractivity (Wildman–Crippen MR) is 81.3 cm³/mol. The van der Waals surface area contributed by atoms with Crippen molar-refractivity contribution in [1.82, 2.24) is 4.90 Å². The molecule has 0 spiro atoms. The lowest BCUT2D eigenvalue weighted by Crippen LogP contribution is -2.44. The molecule has 1 heterocycles. The Labute approximate surface area is 129 Å². The number of nitrogens with zero attached hydrogens (tertiary/aromatic N) is 1. The van der Waals surface area contributed by atoms with Crippen LogP contribution in [0.5, 0.6) is 0 Å². The Morgan fingerprint density at radius 2 is 2.14 bits per heavy atom. The first-order valence-electron chi connectivity index (χ1n) is 7.78. The maximum atomic E-state index is 14.2. The van der Waals surface area contributed by atoms with Crippen molar-refractivity contribution >= 4 is 11.9 Å². The molecule has 1 aromatic rings. The van der Waals surface area contributed by atoms with E-state index >= 15 is 0 Å². The van der Waals surface area contributed by atoms with Crippen molar-refractivity contribution < 1.29 is 19.1 Å². The molecule has 1 atom stereocenters. The van der Waals surface area contributed by atoms with Crippen LogP contribution in [0.1, 0.15) is 54.4 Å². The van der Waals surface area contributed by atoms with E-state index in [9.17, 15) is 14.0 Å². The highest BCUT2D eigenvalue weighted by Gasteiger charge is 2.28. The molecule has 1 unspecified atom stereocenters. The monoisotopic (exact) mass is 307 g/mol. The third-order valence-electron chi connectivity index (χ3n) is 4.24. The molecule has 1 aromatic carbocycles. The number of hydrogen-bond donors (Lipinski definition) is 1. The third kappa shape index (κ3) is 3.84. The molecular formula is C17H22FNO3. The number of piperidine rings is 1. The van der Waals surface area contributed by atoms with Crippen molar-refractivity contribution in [1.29, 1.82) is 0 Å². The number of carboxylic acid groups (broad SMARTS) is 1. The van der Waals surface area contributed by atoms with Crippen LogP contribution in [0.15, 0.2) is 18.2 Å². The lowest BCUT2D eigenvalue weighted by molar-refractivity contribution is -0.137. The molecule has 1 amide bonds. The summed E-state index contributed by atoms with van der Waals surface area (Å²) in [5.41, 5.74) is 0.579. The Balaban J connectivity index is 2.11. The summed E-state index contributed by atoms with van der Waals surface area (Å²) in [7, 11) is 0. The summed E-state index contributed by atoms with van der Waals surface area (Å²) >= 11 is 0. The Kier molecular flexibility index (Phi) is 5.52. The maximum absolute atomic E-state index is 14.2. The van der Waals surface area contributed by atoms with Crippen molar-refractivity contribution in [3.63, 3.8) is 0 Å². The summed E-state index contributed by atoms with van der Waals surface area (Å²) in [6.07, 6.45) is 4.11. The van der Waals surface area contributed by atoms with Gasteiger partial charge in [-0.1, -0.05) is 12.1 Å². The maximum Gasteiger partial charge on any atom is 0.303 e. The molecular weight excluding hydrogens is 285 g/mol. The lowest BCUT2D eigenvalue weighted by Gasteiger charge is -2.36.